The summed E-state index contributed by atoms with van der Waals surface area (Å²) in [6.07, 6.45) is 2.33. The molecule has 29 heavy (non-hydrogen) atoms. The van der Waals surface area contributed by atoms with Crippen LogP contribution in [-0.4, -0.2) is 69.7 Å². The van der Waals surface area contributed by atoms with Crippen LogP contribution in [0.2, 0.25) is 0 Å². The zero-order valence-corrected chi connectivity index (χ0v) is 18.2. The molecule has 1 heterocycles. The summed E-state index contributed by atoms with van der Waals surface area (Å²) in [5.74, 6) is 0. The number of nitrogens with zero attached hydrogens (tertiary/aromatic N) is 2. The molecule has 0 aromatic heterocycles. The van der Waals surface area contributed by atoms with E-state index >= 15 is 0 Å². The van der Waals surface area contributed by atoms with E-state index in [0.717, 1.165) is 11.6 Å². The molecule has 2 aromatic carbocycles. The fourth-order valence-corrected chi connectivity index (χ4v) is 4.17. The van der Waals surface area contributed by atoms with Crippen LogP contribution in [0.3, 0.4) is 0 Å². The second-order valence-electron chi connectivity index (χ2n) is 8.29. The van der Waals surface area contributed by atoms with Crippen LogP contribution in [0, 0.1) is 0 Å². The van der Waals surface area contributed by atoms with E-state index in [1.807, 2.05) is 0 Å². The summed E-state index contributed by atoms with van der Waals surface area (Å²) in [4.78, 5) is 2.71. The largest absolute Gasteiger partial charge is 0.726 e. The molecule has 0 spiro atoms. The van der Waals surface area contributed by atoms with E-state index in [2.05, 4.69) is 71.7 Å². The Balaban J connectivity index is 0.000000353. The summed E-state index contributed by atoms with van der Waals surface area (Å²) in [7, 11) is 1.10. The van der Waals surface area contributed by atoms with Gasteiger partial charge in [-0.2, -0.15) is 0 Å². The lowest BCUT2D eigenvalue weighted by Crippen LogP contribution is -2.55. The number of hydrogen-bond donors (Lipinski definition) is 0. The summed E-state index contributed by atoms with van der Waals surface area (Å²) in [6, 6.07) is 18.6. The van der Waals surface area contributed by atoms with Gasteiger partial charge in [-0.15, -0.1) is 0 Å². The minimum Gasteiger partial charge on any atom is -0.726 e. The average molecular weight is 419 g/mol. The van der Waals surface area contributed by atoms with Crippen molar-refractivity contribution in [3.05, 3.63) is 70.8 Å². The quantitative estimate of drug-likeness (QED) is 0.425. The Morgan fingerprint density at radius 3 is 1.76 bits per heavy atom. The van der Waals surface area contributed by atoms with Crippen molar-refractivity contribution in [2.45, 2.75) is 18.9 Å². The molecule has 1 fully saturated rings. The number of benzene rings is 2. The summed E-state index contributed by atoms with van der Waals surface area (Å²) < 4.78 is 32.2. The molecule has 0 N–H and O–H groups in total. The van der Waals surface area contributed by atoms with E-state index in [0.29, 0.717) is 6.04 Å². The SMILES string of the molecule is COS(=O)(=O)[O-].C[N+]1(C)CCN(C2c3ccccc3CCc3ccccc32)CC1. The molecule has 0 saturated carbocycles. The van der Waals surface area contributed by atoms with Gasteiger partial charge in [0.05, 0.1) is 40.3 Å². The molecule has 0 radical (unpaired) electrons. The Morgan fingerprint density at radius 2 is 1.34 bits per heavy atom. The number of fused-ring (bicyclic) bond motifs is 2. The third kappa shape index (κ3) is 5.65. The van der Waals surface area contributed by atoms with Gasteiger partial charge < -0.3 is 9.04 Å². The number of likely N-dealkylation sites (N-methyl/N-ethyl adjacent to an activating group) is 1. The topological polar surface area (TPSA) is 69.7 Å². The first kappa shape index (κ1) is 21.9. The molecule has 0 atom stereocenters. The first-order valence-corrected chi connectivity index (χ1v) is 11.3. The monoisotopic (exact) mass is 418 g/mol. The Bertz CT molecular complexity index is 886. The van der Waals surface area contributed by atoms with Crippen molar-refractivity contribution in [2.75, 3.05) is 47.4 Å². The molecule has 158 valence electrons. The van der Waals surface area contributed by atoms with Crippen molar-refractivity contribution in [3.63, 3.8) is 0 Å². The van der Waals surface area contributed by atoms with Crippen LogP contribution >= 0.6 is 0 Å². The van der Waals surface area contributed by atoms with Crippen LogP contribution in [0.4, 0.5) is 0 Å². The zero-order valence-electron chi connectivity index (χ0n) is 17.4. The van der Waals surface area contributed by atoms with Gasteiger partial charge in [0, 0.05) is 13.1 Å². The van der Waals surface area contributed by atoms with Crippen molar-refractivity contribution < 1.29 is 21.6 Å². The predicted molar refractivity (Wildman–Crippen MR) is 112 cm³/mol. The summed E-state index contributed by atoms with van der Waals surface area (Å²) in [5, 5.41) is 0. The van der Waals surface area contributed by atoms with Crippen molar-refractivity contribution in [1.82, 2.24) is 4.90 Å². The summed E-state index contributed by atoms with van der Waals surface area (Å²) in [5.41, 5.74) is 6.13. The zero-order chi connectivity index (χ0) is 21.1. The second kappa shape index (κ2) is 8.93. The minimum absolute atomic E-state index is 0.435. The van der Waals surface area contributed by atoms with Gasteiger partial charge in [-0.1, -0.05) is 48.5 Å². The molecular formula is C22H30N2O4S. The fourth-order valence-electron chi connectivity index (χ4n) is 4.17. The van der Waals surface area contributed by atoms with Gasteiger partial charge in [0.15, 0.2) is 0 Å². The lowest BCUT2D eigenvalue weighted by atomic mass is 9.92. The Morgan fingerprint density at radius 1 is 0.931 bits per heavy atom. The highest BCUT2D eigenvalue weighted by molar-refractivity contribution is 7.80. The Hall–Kier alpha value is -1.77. The van der Waals surface area contributed by atoms with Gasteiger partial charge in [0.1, 0.15) is 0 Å². The predicted octanol–water partition coefficient (Wildman–Crippen LogP) is 2.36. The van der Waals surface area contributed by atoms with E-state index in [1.54, 1.807) is 0 Å². The molecule has 6 nitrogen and oxygen atoms in total. The molecule has 1 saturated heterocycles. The van der Waals surface area contributed by atoms with Crippen LogP contribution in [-0.2, 0) is 27.4 Å². The molecule has 4 rings (SSSR count). The van der Waals surface area contributed by atoms with Gasteiger partial charge in [-0.25, -0.2) is 8.42 Å². The van der Waals surface area contributed by atoms with Crippen LogP contribution in [0.5, 0.6) is 0 Å². The van der Waals surface area contributed by atoms with Crippen molar-refractivity contribution in [1.29, 1.82) is 0 Å². The van der Waals surface area contributed by atoms with Gasteiger partial charge in [0.2, 0.25) is 10.4 Å². The third-order valence-corrected chi connectivity index (χ3v) is 6.33. The minimum atomic E-state index is -4.41. The number of quaternary nitrogens is 1. The standard InChI is InChI=1S/C21H27N2.CH4O4S/c1-23(2)15-13-22(14-16-23)21-19-9-5-3-7-17(19)11-12-18-8-4-6-10-20(18)21;1-5-6(2,3)4/h3-10,21H,11-16H2,1-2H3;1H3,(H,2,3,4)/q+1;/p-1. The Kier molecular flexibility index (Phi) is 6.76. The molecular weight excluding hydrogens is 388 g/mol. The number of rotatable bonds is 2. The van der Waals surface area contributed by atoms with E-state index in [4.69, 9.17) is 0 Å². The van der Waals surface area contributed by atoms with Crippen molar-refractivity contribution >= 4 is 10.4 Å². The van der Waals surface area contributed by atoms with Crippen molar-refractivity contribution in [2.24, 2.45) is 0 Å². The Labute approximate surface area is 174 Å². The molecule has 1 aliphatic carbocycles. The maximum absolute atomic E-state index is 9.22. The molecule has 7 heteroatoms. The molecule has 1 aliphatic heterocycles. The highest BCUT2D eigenvalue weighted by Gasteiger charge is 2.33. The van der Waals surface area contributed by atoms with E-state index in [9.17, 15) is 13.0 Å². The van der Waals surface area contributed by atoms with E-state index < -0.39 is 10.4 Å². The highest BCUT2D eigenvalue weighted by Crippen LogP contribution is 2.37. The molecule has 2 aliphatic rings. The first-order valence-electron chi connectivity index (χ1n) is 9.93. The molecule has 0 unspecified atom stereocenters. The van der Waals surface area contributed by atoms with Crippen LogP contribution < -0.4 is 0 Å². The second-order valence-corrected chi connectivity index (χ2v) is 9.44. The smallest absolute Gasteiger partial charge is 0.217 e. The molecule has 0 amide bonds. The fraction of sp³-hybridized carbons (Fsp3) is 0.455. The third-order valence-electron chi connectivity index (χ3n) is 5.92. The number of piperazine rings is 1. The van der Waals surface area contributed by atoms with Crippen LogP contribution in [0.25, 0.3) is 0 Å². The normalized spacial score (nSPS) is 19.3. The van der Waals surface area contributed by atoms with Crippen LogP contribution in [0.1, 0.15) is 28.3 Å². The van der Waals surface area contributed by atoms with E-state index in [1.165, 1.54) is 61.3 Å². The van der Waals surface area contributed by atoms with Crippen molar-refractivity contribution in [3.8, 4) is 0 Å². The van der Waals surface area contributed by atoms with Gasteiger partial charge in [0.25, 0.3) is 0 Å². The lowest BCUT2D eigenvalue weighted by molar-refractivity contribution is -0.894. The first-order chi connectivity index (χ1) is 13.7. The summed E-state index contributed by atoms with van der Waals surface area (Å²) in [6.45, 7) is 4.84. The van der Waals surface area contributed by atoms with Gasteiger partial charge >= 0.3 is 0 Å². The van der Waals surface area contributed by atoms with Gasteiger partial charge in [-0.3, -0.25) is 9.08 Å². The molecule has 2 aromatic rings. The lowest BCUT2D eigenvalue weighted by Gasteiger charge is -2.43. The summed E-state index contributed by atoms with van der Waals surface area (Å²) >= 11 is 0. The maximum Gasteiger partial charge on any atom is 0.217 e. The molecule has 0 bridgehead atoms. The maximum atomic E-state index is 9.22. The number of aryl methyl sites for hydroxylation is 2. The number of hydrogen-bond acceptors (Lipinski definition) is 5. The highest BCUT2D eigenvalue weighted by atomic mass is 32.3. The van der Waals surface area contributed by atoms with E-state index in [-0.39, 0.29) is 0 Å². The van der Waals surface area contributed by atoms with Crippen LogP contribution in [0.15, 0.2) is 48.5 Å². The van der Waals surface area contributed by atoms with Gasteiger partial charge in [-0.05, 0) is 35.1 Å². The average Bonchev–Trinajstić information content (AvgIpc) is 2.85.